The van der Waals surface area contributed by atoms with Gasteiger partial charge in [-0.05, 0) is 54.5 Å². The third kappa shape index (κ3) is 4.13. The molecule has 0 unspecified atom stereocenters. The van der Waals surface area contributed by atoms with Gasteiger partial charge in [-0.1, -0.05) is 35.5 Å². The van der Waals surface area contributed by atoms with Crippen LogP contribution in [0.5, 0.6) is 0 Å². The fraction of sp³-hybridized carbons (Fsp3) is 0.222. The van der Waals surface area contributed by atoms with Gasteiger partial charge in [0.15, 0.2) is 11.6 Å². The van der Waals surface area contributed by atoms with E-state index in [2.05, 4.69) is 20.8 Å². The summed E-state index contributed by atoms with van der Waals surface area (Å²) in [6, 6.07) is 7.66. The Bertz CT molecular complexity index is 982. The van der Waals surface area contributed by atoms with Crippen LogP contribution in [-0.4, -0.2) is 31.9 Å². The highest BCUT2D eigenvalue weighted by Gasteiger charge is 2.16. The van der Waals surface area contributed by atoms with E-state index in [0.717, 1.165) is 40.2 Å². The second-order valence-electron chi connectivity index (χ2n) is 6.06. The lowest BCUT2D eigenvalue weighted by Crippen LogP contribution is -2.16. The number of rotatable bonds is 5. The molecule has 0 atom stereocenters. The molecular weight excluding hydrogens is 372 g/mol. The van der Waals surface area contributed by atoms with E-state index in [4.69, 9.17) is 0 Å². The number of thioether (sulfide) groups is 1. The summed E-state index contributed by atoms with van der Waals surface area (Å²) >= 11 is 1.11. The number of anilines is 1. The summed E-state index contributed by atoms with van der Waals surface area (Å²) in [5.74, 6) is -2.65. The van der Waals surface area contributed by atoms with Gasteiger partial charge in [-0.25, -0.2) is 8.78 Å². The Morgan fingerprint density at radius 3 is 2.59 bits per heavy atom. The van der Waals surface area contributed by atoms with Crippen LogP contribution in [0, 0.1) is 32.4 Å². The van der Waals surface area contributed by atoms with Gasteiger partial charge in [-0.2, -0.15) is 4.68 Å². The zero-order valence-corrected chi connectivity index (χ0v) is 15.8. The van der Waals surface area contributed by atoms with Crippen molar-refractivity contribution in [1.82, 2.24) is 20.2 Å². The van der Waals surface area contributed by atoms with Crippen molar-refractivity contribution in [3.05, 3.63) is 58.7 Å². The van der Waals surface area contributed by atoms with Crippen molar-refractivity contribution in [2.45, 2.75) is 25.9 Å². The molecule has 1 N–H and O–H groups in total. The molecule has 0 fully saturated rings. The third-order valence-electron chi connectivity index (χ3n) is 3.85. The number of aryl methyl sites for hydroxylation is 3. The molecule has 6 nitrogen and oxygen atoms in total. The number of hydrogen-bond acceptors (Lipinski definition) is 5. The summed E-state index contributed by atoms with van der Waals surface area (Å²) in [5.41, 5.74) is 3.79. The summed E-state index contributed by atoms with van der Waals surface area (Å²) in [5, 5.41) is 14.4. The summed E-state index contributed by atoms with van der Waals surface area (Å²) in [6.45, 7) is 5.94. The number of carbonyl (C=O) groups is 1. The highest BCUT2D eigenvalue weighted by molar-refractivity contribution is 7.99. The molecule has 0 aliphatic carbocycles. The molecule has 1 amide bonds. The van der Waals surface area contributed by atoms with Gasteiger partial charge in [0.25, 0.3) is 0 Å². The molecule has 27 heavy (non-hydrogen) atoms. The molecule has 140 valence electrons. The summed E-state index contributed by atoms with van der Waals surface area (Å²) < 4.78 is 28.4. The number of benzene rings is 2. The Hall–Kier alpha value is -2.81. The van der Waals surface area contributed by atoms with Gasteiger partial charge in [-0.3, -0.25) is 4.79 Å². The Morgan fingerprint density at radius 2 is 1.89 bits per heavy atom. The maximum absolute atomic E-state index is 13.6. The predicted octanol–water partition coefficient (Wildman–Crippen LogP) is 3.60. The fourth-order valence-corrected chi connectivity index (χ4v) is 3.51. The van der Waals surface area contributed by atoms with Crippen LogP contribution < -0.4 is 5.32 Å². The Balaban J connectivity index is 1.74. The number of amides is 1. The van der Waals surface area contributed by atoms with Crippen molar-refractivity contribution in [2.24, 2.45) is 0 Å². The van der Waals surface area contributed by atoms with Crippen molar-refractivity contribution < 1.29 is 13.6 Å². The van der Waals surface area contributed by atoms with Crippen molar-refractivity contribution in [3.8, 4) is 5.69 Å². The van der Waals surface area contributed by atoms with Gasteiger partial charge >= 0.3 is 0 Å². The van der Waals surface area contributed by atoms with Crippen molar-refractivity contribution in [2.75, 3.05) is 11.1 Å². The third-order valence-corrected chi connectivity index (χ3v) is 4.77. The van der Waals surface area contributed by atoms with E-state index < -0.39 is 17.5 Å². The molecule has 2 aromatic carbocycles. The number of nitrogens with zero attached hydrogens (tertiary/aromatic N) is 4. The van der Waals surface area contributed by atoms with E-state index >= 15 is 0 Å². The number of hydrogen-bond donors (Lipinski definition) is 1. The molecule has 0 saturated carbocycles. The highest BCUT2D eigenvalue weighted by atomic mass is 32.2. The molecule has 0 aliphatic rings. The van der Waals surface area contributed by atoms with Crippen LogP contribution in [0.25, 0.3) is 5.69 Å². The van der Waals surface area contributed by atoms with Crippen LogP contribution in [0.4, 0.5) is 14.5 Å². The average Bonchev–Trinajstić information content (AvgIpc) is 3.04. The van der Waals surface area contributed by atoms with Crippen molar-refractivity contribution >= 4 is 23.4 Å². The Labute approximate surface area is 159 Å². The lowest BCUT2D eigenvalue weighted by atomic mass is 10.1. The highest BCUT2D eigenvalue weighted by Crippen LogP contribution is 2.25. The van der Waals surface area contributed by atoms with Crippen LogP contribution in [0.15, 0.2) is 35.5 Å². The van der Waals surface area contributed by atoms with Crippen LogP contribution in [0.2, 0.25) is 0 Å². The monoisotopic (exact) mass is 389 g/mol. The predicted molar refractivity (Wildman–Crippen MR) is 99.1 cm³/mol. The first-order valence-electron chi connectivity index (χ1n) is 8.10. The minimum atomic E-state index is -1.09. The smallest absolute Gasteiger partial charge is 0.234 e. The largest absolute Gasteiger partial charge is 0.323 e. The van der Waals surface area contributed by atoms with Crippen molar-refractivity contribution in [3.63, 3.8) is 0 Å². The standard InChI is InChI=1S/C18H17F2N5OS/c1-10-7-11(2)17(12(3)8-10)25-18(22-23-24-25)27-9-15(26)21-14-6-4-5-13(19)16(14)20/h4-8H,9H2,1-3H3,(H,21,26). The quantitative estimate of drug-likeness (QED) is 0.675. The van der Waals surface area contributed by atoms with Crippen LogP contribution in [0.1, 0.15) is 16.7 Å². The van der Waals surface area contributed by atoms with E-state index in [0.29, 0.717) is 5.16 Å². The lowest BCUT2D eigenvalue weighted by Gasteiger charge is -2.12. The molecule has 1 heterocycles. The second-order valence-corrected chi connectivity index (χ2v) is 7.00. The normalized spacial score (nSPS) is 10.9. The molecule has 0 bridgehead atoms. The van der Waals surface area contributed by atoms with Gasteiger partial charge in [0.1, 0.15) is 0 Å². The minimum Gasteiger partial charge on any atom is -0.323 e. The average molecular weight is 389 g/mol. The molecular formula is C18H17F2N5OS. The topological polar surface area (TPSA) is 72.7 Å². The van der Waals surface area contributed by atoms with Gasteiger partial charge in [0.05, 0.1) is 17.1 Å². The minimum absolute atomic E-state index is 0.0553. The van der Waals surface area contributed by atoms with Crippen LogP contribution in [0.3, 0.4) is 0 Å². The maximum Gasteiger partial charge on any atom is 0.234 e. The molecule has 3 aromatic rings. The Kier molecular flexibility index (Phi) is 5.50. The summed E-state index contributed by atoms with van der Waals surface area (Å²) in [6.07, 6.45) is 0. The lowest BCUT2D eigenvalue weighted by molar-refractivity contribution is -0.113. The van der Waals surface area contributed by atoms with E-state index in [1.165, 1.54) is 12.1 Å². The van der Waals surface area contributed by atoms with E-state index in [1.807, 2.05) is 32.9 Å². The second kappa shape index (κ2) is 7.83. The first-order valence-corrected chi connectivity index (χ1v) is 9.08. The van der Waals surface area contributed by atoms with E-state index in [9.17, 15) is 13.6 Å². The fourth-order valence-electron chi connectivity index (χ4n) is 2.83. The molecule has 1 aromatic heterocycles. The van der Waals surface area contributed by atoms with Gasteiger partial charge in [0.2, 0.25) is 11.1 Å². The molecule has 3 rings (SSSR count). The number of halogens is 2. The van der Waals surface area contributed by atoms with Gasteiger partial charge in [-0.15, -0.1) is 5.10 Å². The number of aromatic nitrogens is 4. The van der Waals surface area contributed by atoms with E-state index in [-0.39, 0.29) is 11.4 Å². The number of carbonyl (C=O) groups excluding carboxylic acids is 1. The molecule has 9 heteroatoms. The van der Waals surface area contributed by atoms with Gasteiger partial charge in [0, 0.05) is 0 Å². The summed E-state index contributed by atoms with van der Waals surface area (Å²) in [7, 11) is 0. The van der Waals surface area contributed by atoms with Gasteiger partial charge < -0.3 is 5.32 Å². The first kappa shape index (κ1) is 19.0. The first-order chi connectivity index (χ1) is 12.9. The van der Waals surface area contributed by atoms with Crippen molar-refractivity contribution in [1.29, 1.82) is 0 Å². The molecule has 0 aliphatic heterocycles. The number of tetrazole rings is 1. The van der Waals surface area contributed by atoms with Crippen LogP contribution in [-0.2, 0) is 4.79 Å². The molecule has 0 saturated heterocycles. The van der Waals surface area contributed by atoms with E-state index in [1.54, 1.807) is 4.68 Å². The molecule has 0 radical (unpaired) electrons. The zero-order valence-electron chi connectivity index (χ0n) is 15.0. The zero-order chi connectivity index (χ0) is 19.6. The SMILES string of the molecule is Cc1cc(C)c(-n2nnnc2SCC(=O)Nc2cccc(F)c2F)c(C)c1. The maximum atomic E-state index is 13.6. The molecule has 0 spiro atoms. The number of nitrogens with one attached hydrogen (secondary N) is 1. The van der Waals surface area contributed by atoms with Crippen LogP contribution >= 0.6 is 11.8 Å². The summed E-state index contributed by atoms with van der Waals surface area (Å²) in [4.78, 5) is 12.1. The Morgan fingerprint density at radius 1 is 1.19 bits per heavy atom.